The summed E-state index contributed by atoms with van der Waals surface area (Å²) in [6, 6.07) is 6.31. The molecule has 3 rings (SSSR count). The summed E-state index contributed by atoms with van der Waals surface area (Å²) < 4.78 is 0. The lowest BCUT2D eigenvalue weighted by Gasteiger charge is -2.39. The van der Waals surface area contributed by atoms with Crippen LogP contribution in [0.5, 0.6) is 0 Å². The average Bonchev–Trinajstić information content (AvgIpc) is 2.63. The normalized spacial score (nSPS) is 23.6. The smallest absolute Gasteiger partial charge is 0.307 e. The van der Waals surface area contributed by atoms with Crippen molar-refractivity contribution in [3.63, 3.8) is 0 Å². The topological polar surface area (TPSA) is 60.9 Å². The Morgan fingerprint density at radius 3 is 2.28 bits per heavy atom. The monoisotopic (exact) mass is 342 g/mol. The number of anilines is 1. The van der Waals surface area contributed by atoms with E-state index in [0.29, 0.717) is 25.9 Å². The van der Waals surface area contributed by atoms with Crippen LogP contribution in [0.4, 0.5) is 5.69 Å². The number of benzene rings is 1. The fraction of sp³-hybridized carbons (Fsp3) is 0.500. The zero-order valence-electron chi connectivity index (χ0n) is 14.9. The van der Waals surface area contributed by atoms with Gasteiger partial charge in [-0.05, 0) is 43.9 Å². The Bertz CT molecular complexity index is 690. The third-order valence-electron chi connectivity index (χ3n) is 5.57. The Hall–Kier alpha value is -2.30. The molecule has 0 radical (unpaired) electrons. The van der Waals surface area contributed by atoms with Gasteiger partial charge < -0.3 is 14.9 Å². The number of nitrogens with zero attached hydrogens (tertiary/aromatic N) is 2. The van der Waals surface area contributed by atoms with Crippen molar-refractivity contribution >= 4 is 17.6 Å². The molecule has 0 spiro atoms. The van der Waals surface area contributed by atoms with Gasteiger partial charge in [0, 0.05) is 31.9 Å². The number of allylic oxidation sites excluding steroid dienone is 2. The van der Waals surface area contributed by atoms with Crippen molar-refractivity contribution in [3.8, 4) is 0 Å². The molecular weight excluding hydrogens is 316 g/mol. The van der Waals surface area contributed by atoms with Gasteiger partial charge in [0.05, 0.1) is 11.8 Å². The summed E-state index contributed by atoms with van der Waals surface area (Å²) in [7, 11) is 0. The van der Waals surface area contributed by atoms with Gasteiger partial charge in [0.1, 0.15) is 0 Å². The number of hydrogen-bond acceptors (Lipinski definition) is 3. The summed E-state index contributed by atoms with van der Waals surface area (Å²) in [4.78, 5) is 28.5. The van der Waals surface area contributed by atoms with Crippen molar-refractivity contribution < 1.29 is 14.7 Å². The summed E-state index contributed by atoms with van der Waals surface area (Å²) in [6.45, 7) is 7.12. The van der Waals surface area contributed by atoms with E-state index in [2.05, 4.69) is 36.9 Å². The molecule has 1 aromatic rings. The third-order valence-corrected chi connectivity index (χ3v) is 5.57. The minimum Gasteiger partial charge on any atom is -0.481 e. The van der Waals surface area contributed by atoms with Gasteiger partial charge in [-0.2, -0.15) is 0 Å². The number of rotatable bonds is 3. The maximum Gasteiger partial charge on any atom is 0.307 e. The van der Waals surface area contributed by atoms with Crippen LogP contribution in [0.2, 0.25) is 0 Å². The molecule has 1 fully saturated rings. The molecule has 0 saturated carbocycles. The average molecular weight is 342 g/mol. The maximum absolute atomic E-state index is 12.8. The Morgan fingerprint density at radius 1 is 1.00 bits per heavy atom. The molecule has 1 aliphatic carbocycles. The first kappa shape index (κ1) is 17.5. The summed E-state index contributed by atoms with van der Waals surface area (Å²) >= 11 is 0. The van der Waals surface area contributed by atoms with Crippen molar-refractivity contribution in [3.05, 3.63) is 41.5 Å². The highest BCUT2D eigenvalue weighted by atomic mass is 16.4. The summed E-state index contributed by atoms with van der Waals surface area (Å²) in [5.74, 6) is -1.88. The van der Waals surface area contributed by atoms with Crippen molar-refractivity contribution in [2.24, 2.45) is 11.8 Å². The molecule has 134 valence electrons. The van der Waals surface area contributed by atoms with Crippen LogP contribution in [0.25, 0.3) is 0 Å². The number of aryl methyl sites for hydroxylation is 1. The minimum absolute atomic E-state index is 0.00244. The van der Waals surface area contributed by atoms with Crippen LogP contribution in [0, 0.1) is 25.7 Å². The Labute approximate surface area is 148 Å². The molecule has 5 nitrogen and oxygen atoms in total. The van der Waals surface area contributed by atoms with Crippen LogP contribution >= 0.6 is 0 Å². The Kier molecular flexibility index (Phi) is 5.11. The van der Waals surface area contributed by atoms with Gasteiger partial charge in [0.2, 0.25) is 5.91 Å². The highest BCUT2D eigenvalue weighted by Gasteiger charge is 2.37. The lowest BCUT2D eigenvalue weighted by atomic mass is 9.82. The maximum atomic E-state index is 12.8. The van der Waals surface area contributed by atoms with Gasteiger partial charge in [-0.3, -0.25) is 9.59 Å². The van der Waals surface area contributed by atoms with Crippen LogP contribution in [0.15, 0.2) is 30.4 Å². The minimum atomic E-state index is -0.864. The van der Waals surface area contributed by atoms with Gasteiger partial charge in [0.25, 0.3) is 0 Å². The Balaban J connectivity index is 1.65. The first-order valence-corrected chi connectivity index (χ1v) is 8.97. The zero-order chi connectivity index (χ0) is 18.0. The van der Waals surface area contributed by atoms with Crippen molar-refractivity contribution in [1.82, 2.24) is 4.90 Å². The van der Waals surface area contributed by atoms with E-state index in [9.17, 15) is 14.7 Å². The molecule has 5 heteroatoms. The zero-order valence-corrected chi connectivity index (χ0v) is 14.9. The molecular formula is C20H26N2O3. The van der Waals surface area contributed by atoms with Gasteiger partial charge >= 0.3 is 5.97 Å². The van der Waals surface area contributed by atoms with Gasteiger partial charge in [0.15, 0.2) is 0 Å². The summed E-state index contributed by atoms with van der Waals surface area (Å²) in [6.07, 6.45) is 4.80. The number of piperazine rings is 1. The first-order valence-electron chi connectivity index (χ1n) is 8.97. The molecule has 2 unspecified atom stereocenters. The van der Waals surface area contributed by atoms with Gasteiger partial charge in [-0.1, -0.05) is 24.3 Å². The second-order valence-corrected chi connectivity index (χ2v) is 7.03. The van der Waals surface area contributed by atoms with E-state index in [4.69, 9.17) is 0 Å². The lowest BCUT2D eigenvalue weighted by molar-refractivity contribution is -0.150. The predicted octanol–water partition coefficient (Wildman–Crippen LogP) is 2.62. The van der Waals surface area contributed by atoms with Gasteiger partial charge in [-0.25, -0.2) is 0 Å². The van der Waals surface area contributed by atoms with E-state index in [1.165, 1.54) is 16.8 Å². The molecule has 0 bridgehead atoms. The van der Waals surface area contributed by atoms with E-state index < -0.39 is 17.8 Å². The second-order valence-electron chi connectivity index (χ2n) is 7.03. The standard InChI is InChI=1S/C20H26N2O3/c1-14-6-5-9-18(15(14)2)21-10-12-22(13-11-21)19(23)16-7-3-4-8-17(16)20(24)25/h3-6,9,16-17H,7-8,10-13H2,1-2H3,(H,24,25). The number of aliphatic carboxylic acids is 1. The van der Waals surface area contributed by atoms with E-state index >= 15 is 0 Å². The quantitative estimate of drug-likeness (QED) is 0.858. The predicted molar refractivity (Wildman–Crippen MR) is 97.7 cm³/mol. The summed E-state index contributed by atoms with van der Waals surface area (Å²) in [5.41, 5.74) is 3.79. The summed E-state index contributed by atoms with van der Waals surface area (Å²) in [5, 5.41) is 9.39. The highest BCUT2D eigenvalue weighted by Crippen LogP contribution is 2.29. The molecule has 1 heterocycles. The molecule has 1 N–H and O–H groups in total. The molecule has 2 atom stereocenters. The third kappa shape index (κ3) is 3.55. The largest absolute Gasteiger partial charge is 0.481 e. The molecule has 1 aliphatic heterocycles. The SMILES string of the molecule is Cc1cccc(N2CCN(C(=O)C3CC=CCC3C(=O)O)CC2)c1C. The van der Waals surface area contributed by atoms with Crippen LogP contribution in [-0.2, 0) is 9.59 Å². The number of hydrogen-bond donors (Lipinski definition) is 1. The van der Waals surface area contributed by atoms with E-state index in [-0.39, 0.29) is 5.91 Å². The number of carboxylic acids is 1. The fourth-order valence-corrected chi connectivity index (χ4v) is 3.84. The van der Waals surface area contributed by atoms with Crippen LogP contribution in [0.3, 0.4) is 0 Å². The van der Waals surface area contributed by atoms with Crippen molar-refractivity contribution in [1.29, 1.82) is 0 Å². The Morgan fingerprint density at radius 2 is 1.64 bits per heavy atom. The molecule has 1 saturated heterocycles. The van der Waals surface area contributed by atoms with Crippen molar-refractivity contribution in [2.45, 2.75) is 26.7 Å². The van der Waals surface area contributed by atoms with Gasteiger partial charge in [-0.15, -0.1) is 0 Å². The first-order chi connectivity index (χ1) is 12.0. The highest BCUT2D eigenvalue weighted by molar-refractivity contribution is 5.85. The molecule has 2 aliphatic rings. The molecule has 1 aromatic carbocycles. The lowest BCUT2D eigenvalue weighted by Crippen LogP contribution is -2.52. The molecule has 25 heavy (non-hydrogen) atoms. The fourth-order valence-electron chi connectivity index (χ4n) is 3.84. The van der Waals surface area contributed by atoms with E-state index in [1.807, 2.05) is 17.1 Å². The number of carbonyl (C=O) groups is 2. The number of carbonyl (C=O) groups excluding carboxylic acids is 1. The molecule has 1 amide bonds. The van der Waals surface area contributed by atoms with Crippen LogP contribution in [-0.4, -0.2) is 48.1 Å². The van der Waals surface area contributed by atoms with Crippen LogP contribution in [0.1, 0.15) is 24.0 Å². The van der Waals surface area contributed by atoms with E-state index in [1.54, 1.807) is 0 Å². The number of amides is 1. The second kappa shape index (κ2) is 7.30. The van der Waals surface area contributed by atoms with Crippen molar-refractivity contribution in [2.75, 3.05) is 31.1 Å². The van der Waals surface area contributed by atoms with Crippen LogP contribution < -0.4 is 4.90 Å². The van der Waals surface area contributed by atoms with E-state index in [0.717, 1.165) is 13.1 Å². The molecule has 0 aromatic heterocycles. The number of carboxylic acid groups (broad SMARTS) is 1.